The summed E-state index contributed by atoms with van der Waals surface area (Å²) in [5.74, 6) is -1.45. The Morgan fingerprint density at radius 1 is 1.00 bits per heavy atom. The summed E-state index contributed by atoms with van der Waals surface area (Å²) in [6.07, 6.45) is 0.622. The lowest BCUT2D eigenvalue weighted by atomic mass is 9.98. The standard InChI is InChI=1S/C28H30FN5O2/c1-5-19-12-6-10-16-23(19)34(25(35)18-33-24-17-11-9-15-22(24)31-32-33)26(27(36)30-28(2,3)4)20-13-7-8-14-21(20)29/h6-17,26H,5,18H2,1-4H3,(H,30,36)/t26-/m0/s1. The van der Waals surface area contributed by atoms with Gasteiger partial charge in [-0.1, -0.05) is 60.7 Å². The number of amides is 2. The average Bonchev–Trinajstić information content (AvgIpc) is 3.24. The third-order valence-electron chi connectivity index (χ3n) is 5.81. The van der Waals surface area contributed by atoms with Crippen LogP contribution in [0.1, 0.15) is 44.9 Å². The molecule has 3 aromatic carbocycles. The minimum absolute atomic E-state index is 0.113. The monoisotopic (exact) mass is 487 g/mol. The van der Waals surface area contributed by atoms with Crippen LogP contribution in [0.3, 0.4) is 0 Å². The van der Waals surface area contributed by atoms with Crippen LogP contribution in [0, 0.1) is 5.82 Å². The van der Waals surface area contributed by atoms with Crippen molar-refractivity contribution in [3.63, 3.8) is 0 Å². The Morgan fingerprint density at radius 2 is 1.67 bits per heavy atom. The van der Waals surface area contributed by atoms with Gasteiger partial charge in [-0.3, -0.25) is 14.5 Å². The molecule has 0 saturated heterocycles. The molecular weight excluding hydrogens is 457 g/mol. The van der Waals surface area contributed by atoms with Crippen LogP contribution < -0.4 is 10.2 Å². The Labute approximate surface area is 209 Å². The fourth-order valence-electron chi connectivity index (χ4n) is 4.23. The summed E-state index contributed by atoms with van der Waals surface area (Å²) in [5.41, 5.74) is 2.27. The molecule has 1 N–H and O–H groups in total. The predicted molar refractivity (Wildman–Crippen MR) is 138 cm³/mol. The Kier molecular flexibility index (Phi) is 7.15. The molecule has 0 spiro atoms. The van der Waals surface area contributed by atoms with E-state index < -0.39 is 29.2 Å². The molecule has 0 bridgehead atoms. The second-order valence-corrected chi connectivity index (χ2v) is 9.65. The van der Waals surface area contributed by atoms with Gasteiger partial charge >= 0.3 is 0 Å². The highest BCUT2D eigenvalue weighted by Crippen LogP contribution is 2.33. The normalized spacial score (nSPS) is 12.4. The van der Waals surface area contributed by atoms with Crippen LogP contribution in [0.4, 0.5) is 10.1 Å². The van der Waals surface area contributed by atoms with Crippen molar-refractivity contribution in [3.05, 3.63) is 89.7 Å². The zero-order chi connectivity index (χ0) is 25.9. The van der Waals surface area contributed by atoms with Gasteiger partial charge < -0.3 is 5.32 Å². The summed E-state index contributed by atoms with van der Waals surface area (Å²) < 4.78 is 16.7. The van der Waals surface area contributed by atoms with E-state index in [4.69, 9.17) is 0 Å². The minimum atomic E-state index is -1.24. The first-order valence-corrected chi connectivity index (χ1v) is 11.9. The van der Waals surface area contributed by atoms with Crippen molar-refractivity contribution in [1.82, 2.24) is 20.3 Å². The van der Waals surface area contributed by atoms with Crippen LogP contribution in [0.5, 0.6) is 0 Å². The molecule has 0 radical (unpaired) electrons. The van der Waals surface area contributed by atoms with Gasteiger partial charge in [0.25, 0.3) is 0 Å². The number of aryl methyl sites for hydroxylation is 1. The Bertz CT molecular complexity index is 1390. The van der Waals surface area contributed by atoms with E-state index in [2.05, 4.69) is 15.6 Å². The van der Waals surface area contributed by atoms with Crippen molar-refractivity contribution in [2.45, 2.75) is 52.2 Å². The lowest BCUT2D eigenvalue weighted by molar-refractivity contribution is -0.128. The lowest BCUT2D eigenvalue weighted by Crippen LogP contribution is -2.50. The van der Waals surface area contributed by atoms with Crippen molar-refractivity contribution < 1.29 is 14.0 Å². The number of rotatable bonds is 7. The summed E-state index contributed by atoms with van der Waals surface area (Å²) >= 11 is 0. The highest BCUT2D eigenvalue weighted by atomic mass is 19.1. The van der Waals surface area contributed by atoms with E-state index in [9.17, 15) is 9.59 Å². The van der Waals surface area contributed by atoms with E-state index in [0.29, 0.717) is 23.1 Å². The van der Waals surface area contributed by atoms with E-state index in [1.54, 1.807) is 30.3 Å². The van der Waals surface area contributed by atoms with Crippen LogP contribution in [-0.2, 0) is 22.6 Å². The van der Waals surface area contributed by atoms with E-state index >= 15 is 4.39 Å². The molecule has 186 valence electrons. The topological polar surface area (TPSA) is 80.1 Å². The number of hydrogen-bond acceptors (Lipinski definition) is 4. The van der Waals surface area contributed by atoms with Gasteiger partial charge in [0, 0.05) is 16.8 Å². The van der Waals surface area contributed by atoms with E-state index in [-0.39, 0.29) is 12.1 Å². The Balaban J connectivity index is 1.88. The fourth-order valence-corrected chi connectivity index (χ4v) is 4.23. The van der Waals surface area contributed by atoms with E-state index in [0.717, 1.165) is 5.56 Å². The first kappa shape index (κ1) is 25.0. The number of benzene rings is 3. The van der Waals surface area contributed by atoms with Gasteiger partial charge in [-0.05, 0) is 57.0 Å². The number of fused-ring (bicyclic) bond motifs is 1. The van der Waals surface area contributed by atoms with Crippen molar-refractivity contribution in [2.24, 2.45) is 0 Å². The van der Waals surface area contributed by atoms with E-state index in [1.165, 1.54) is 15.6 Å². The highest BCUT2D eigenvalue weighted by Gasteiger charge is 2.37. The second-order valence-electron chi connectivity index (χ2n) is 9.65. The molecule has 1 aromatic heterocycles. The summed E-state index contributed by atoms with van der Waals surface area (Å²) in [7, 11) is 0. The number of aromatic nitrogens is 3. The Morgan fingerprint density at radius 3 is 2.39 bits per heavy atom. The molecule has 0 unspecified atom stereocenters. The van der Waals surface area contributed by atoms with Gasteiger partial charge in [0.15, 0.2) is 0 Å². The van der Waals surface area contributed by atoms with Gasteiger partial charge in [0.1, 0.15) is 23.9 Å². The number of carbonyl (C=O) groups is 2. The summed E-state index contributed by atoms with van der Waals surface area (Å²) in [4.78, 5) is 29.2. The first-order valence-electron chi connectivity index (χ1n) is 11.9. The molecule has 0 aliphatic heterocycles. The van der Waals surface area contributed by atoms with Gasteiger partial charge in [0.05, 0.1) is 5.52 Å². The molecule has 36 heavy (non-hydrogen) atoms. The zero-order valence-electron chi connectivity index (χ0n) is 20.9. The van der Waals surface area contributed by atoms with Crippen LogP contribution in [-0.4, -0.2) is 32.3 Å². The Hall–Kier alpha value is -4.07. The van der Waals surface area contributed by atoms with Gasteiger partial charge in [-0.25, -0.2) is 9.07 Å². The molecule has 4 rings (SSSR count). The summed E-state index contributed by atoms with van der Waals surface area (Å²) in [6.45, 7) is 7.33. The lowest BCUT2D eigenvalue weighted by Gasteiger charge is -2.35. The molecule has 1 heterocycles. The second kappa shape index (κ2) is 10.3. The molecular formula is C28H30FN5O2. The SMILES string of the molecule is CCc1ccccc1N(C(=O)Cn1nnc2ccccc21)[C@H](C(=O)NC(C)(C)C)c1ccccc1F. The third kappa shape index (κ3) is 5.27. The van der Waals surface area contributed by atoms with Gasteiger partial charge in [-0.2, -0.15) is 0 Å². The van der Waals surface area contributed by atoms with Gasteiger partial charge in [0.2, 0.25) is 11.8 Å². The molecule has 8 heteroatoms. The average molecular weight is 488 g/mol. The van der Waals surface area contributed by atoms with Crippen molar-refractivity contribution in [3.8, 4) is 0 Å². The molecule has 2 amide bonds. The number of halogens is 1. The smallest absolute Gasteiger partial charge is 0.249 e. The summed E-state index contributed by atoms with van der Waals surface area (Å²) in [6, 6.07) is 19.5. The number of para-hydroxylation sites is 2. The molecule has 0 aliphatic rings. The zero-order valence-corrected chi connectivity index (χ0v) is 20.9. The molecule has 7 nitrogen and oxygen atoms in total. The maximum absolute atomic E-state index is 15.2. The fraction of sp³-hybridized carbons (Fsp3) is 0.286. The number of nitrogens with one attached hydrogen (secondary N) is 1. The number of hydrogen-bond donors (Lipinski definition) is 1. The predicted octanol–water partition coefficient (Wildman–Crippen LogP) is 4.82. The minimum Gasteiger partial charge on any atom is -0.349 e. The van der Waals surface area contributed by atoms with Crippen molar-refractivity contribution >= 4 is 28.5 Å². The van der Waals surface area contributed by atoms with Crippen LogP contribution in [0.15, 0.2) is 72.8 Å². The number of anilines is 1. The van der Waals surface area contributed by atoms with Gasteiger partial charge in [-0.15, -0.1) is 5.10 Å². The van der Waals surface area contributed by atoms with E-state index in [1.807, 2.05) is 64.1 Å². The maximum Gasteiger partial charge on any atom is 0.249 e. The van der Waals surface area contributed by atoms with Crippen LogP contribution in [0.25, 0.3) is 11.0 Å². The summed E-state index contributed by atoms with van der Waals surface area (Å²) in [5, 5.41) is 11.2. The number of nitrogens with zero attached hydrogens (tertiary/aromatic N) is 4. The molecule has 0 fully saturated rings. The van der Waals surface area contributed by atoms with Crippen LogP contribution in [0.2, 0.25) is 0 Å². The quantitative estimate of drug-likeness (QED) is 0.405. The first-order chi connectivity index (χ1) is 17.2. The third-order valence-corrected chi connectivity index (χ3v) is 5.81. The molecule has 4 aromatic rings. The highest BCUT2D eigenvalue weighted by molar-refractivity contribution is 6.02. The molecule has 0 aliphatic carbocycles. The largest absolute Gasteiger partial charge is 0.349 e. The molecule has 0 saturated carbocycles. The number of carbonyl (C=O) groups excluding carboxylic acids is 2. The van der Waals surface area contributed by atoms with Crippen molar-refractivity contribution in [2.75, 3.05) is 4.90 Å². The maximum atomic E-state index is 15.2. The van der Waals surface area contributed by atoms with Crippen LogP contribution >= 0.6 is 0 Å². The van der Waals surface area contributed by atoms with Crippen molar-refractivity contribution in [1.29, 1.82) is 0 Å². The molecule has 1 atom stereocenters.